The van der Waals surface area contributed by atoms with Gasteiger partial charge >= 0.3 is 6.18 Å². The number of nitrogens with one attached hydrogen (secondary N) is 2. The Balaban J connectivity index is 2.22. The van der Waals surface area contributed by atoms with Gasteiger partial charge in [-0.3, -0.25) is 0 Å². The summed E-state index contributed by atoms with van der Waals surface area (Å²) in [7, 11) is -3.59. The second kappa shape index (κ2) is 6.72. The fourth-order valence-corrected chi connectivity index (χ4v) is 3.04. The van der Waals surface area contributed by atoms with E-state index < -0.39 is 29.2 Å². The van der Waals surface area contributed by atoms with Crippen molar-refractivity contribution in [2.24, 2.45) is 0 Å². The minimum atomic E-state index is -4.33. The summed E-state index contributed by atoms with van der Waals surface area (Å²) in [5.41, 5.74) is 0. The Bertz CT molecular complexity index is 338. The first-order valence-electron chi connectivity index (χ1n) is 6.06. The van der Waals surface area contributed by atoms with Crippen LogP contribution in [0.4, 0.5) is 13.2 Å². The van der Waals surface area contributed by atoms with E-state index in [9.17, 15) is 21.6 Å². The smallest absolute Gasteiger partial charge is 0.314 e. The van der Waals surface area contributed by atoms with Gasteiger partial charge in [-0.25, -0.2) is 13.1 Å². The van der Waals surface area contributed by atoms with Gasteiger partial charge in [-0.05, 0) is 25.8 Å². The Labute approximate surface area is 105 Å². The summed E-state index contributed by atoms with van der Waals surface area (Å²) in [6.07, 6.45) is -1.92. The number of halogens is 3. The summed E-state index contributed by atoms with van der Waals surface area (Å²) >= 11 is 0. The molecule has 1 fully saturated rings. The second-order valence-corrected chi connectivity index (χ2v) is 6.44. The van der Waals surface area contributed by atoms with Crippen LogP contribution in [0.2, 0.25) is 0 Å². The van der Waals surface area contributed by atoms with E-state index >= 15 is 0 Å². The van der Waals surface area contributed by atoms with Gasteiger partial charge in [-0.1, -0.05) is 6.42 Å². The van der Waals surface area contributed by atoms with E-state index in [0.717, 1.165) is 25.8 Å². The summed E-state index contributed by atoms with van der Waals surface area (Å²) in [6.45, 7) is 0.302. The molecule has 1 aliphatic heterocycles. The van der Waals surface area contributed by atoms with E-state index in [0.29, 0.717) is 6.42 Å². The molecule has 0 spiro atoms. The molecular weight excluding hydrogens is 269 g/mol. The molecule has 2 N–H and O–H groups in total. The predicted molar refractivity (Wildman–Crippen MR) is 62.7 cm³/mol. The van der Waals surface area contributed by atoms with Gasteiger partial charge in [-0.2, -0.15) is 13.2 Å². The van der Waals surface area contributed by atoms with E-state index in [2.05, 4.69) is 5.32 Å². The highest BCUT2D eigenvalue weighted by atomic mass is 32.2. The van der Waals surface area contributed by atoms with Crippen molar-refractivity contribution in [1.29, 1.82) is 0 Å². The lowest BCUT2D eigenvalue weighted by Gasteiger charge is -2.23. The fourth-order valence-electron chi connectivity index (χ4n) is 1.89. The summed E-state index contributed by atoms with van der Waals surface area (Å²) in [5, 5.41) is 3.20. The molecule has 1 saturated heterocycles. The maximum atomic E-state index is 11.9. The number of hydrogen-bond donors (Lipinski definition) is 2. The zero-order chi connectivity index (χ0) is 13.6. The average Bonchev–Trinajstić information content (AvgIpc) is 2.26. The number of hydrogen-bond acceptors (Lipinski definition) is 3. The SMILES string of the molecule is O=S(=O)(CCC1CCCCN1)NCCC(F)(F)F. The molecule has 0 aliphatic carbocycles. The van der Waals surface area contributed by atoms with Crippen molar-refractivity contribution in [3.63, 3.8) is 0 Å². The minimum absolute atomic E-state index is 0.122. The molecule has 0 aromatic heterocycles. The van der Waals surface area contributed by atoms with Crippen molar-refractivity contribution in [2.45, 2.75) is 44.3 Å². The van der Waals surface area contributed by atoms with Crippen molar-refractivity contribution >= 4 is 10.0 Å². The molecule has 8 heteroatoms. The number of rotatable bonds is 6. The molecule has 108 valence electrons. The first-order valence-corrected chi connectivity index (χ1v) is 7.71. The molecule has 1 aliphatic rings. The van der Waals surface area contributed by atoms with Crippen LogP contribution in [0.5, 0.6) is 0 Å². The van der Waals surface area contributed by atoms with Crippen LogP contribution < -0.4 is 10.0 Å². The van der Waals surface area contributed by atoms with Crippen LogP contribution in [0.3, 0.4) is 0 Å². The van der Waals surface area contributed by atoms with Crippen molar-refractivity contribution in [2.75, 3.05) is 18.8 Å². The lowest BCUT2D eigenvalue weighted by atomic mass is 10.0. The van der Waals surface area contributed by atoms with Crippen LogP contribution in [0.1, 0.15) is 32.1 Å². The summed E-state index contributed by atoms with van der Waals surface area (Å²) in [5.74, 6) is -0.122. The van der Waals surface area contributed by atoms with Gasteiger partial charge < -0.3 is 5.32 Å². The Morgan fingerprint density at radius 3 is 2.56 bits per heavy atom. The third-order valence-electron chi connectivity index (χ3n) is 2.88. The molecule has 1 rings (SSSR count). The highest BCUT2D eigenvalue weighted by Crippen LogP contribution is 2.18. The minimum Gasteiger partial charge on any atom is -0.314 e. The highest BCUT2D eigenvalue weighted by molar-refractivity contribution is 7.89. The Kier molecular flexibility index (Phi) is 5.87. The molecular formula is C10H19F3N2O2S. The molecule has 1 heterocycles. The Morgan fingerprint density at radius 2 is 2.00 bits per heavy atom. The van der Waals surface area contributed by atoms with Crippen LogP contribution >= 0.6 is 0 Å². The standard InChI is InChI=1S/C10H19F3N2O2S/c11-10(12,13)5-7-15-18(16,17)8-4-9-3-1-2-6-14-9/h9,14-15H,1-8H2. The lowest BCUT2D eigenvalue weighted by Crippen LogP contribution is -2.37. The normalized spacial score (nSPS) is 22.1. The van der Waals surface area contributed by atoms with Gasteiger partial charge in [0.2, 0.25) is 10.0 Å². The fraction of sp³-hybridized carbons (Fsp3) is 1.00. The summed E-state index contributed by atoms with van der Waals surface area (Å²) in [6, 6.07) is 0.165. The number of alkyl halides is 3. The second-order valence-electron chi connectivity index (χ2n) is 4.51. The molecule has 0 aromatic rings. The van der Waals surface area contributed by atoms with E-state index in [1.807, 2.05) is 4.72 Å². The Morgan fingerprint density at radius 1 is 1.28 bits per heavy atom. The van der Waals surface area contributed by atoms with Crippen LogP contribution in [-0.4, -0.2) is 39.5 Å². The predicted octanol–water partition coefficient (Wildman–Crippen LogP) is 1.39. The van der Waals surface area contributed by atoms with Crippen molar-refractivity contribution in [3.8, 4) is 0 Å². The summed E-state index contributed by atoms with van der Waals surface area (Å²) < 4.78 is 60.5. The van der Waals surface area contributed by atoms with E-state index in [1.54, 1.807) is 0 Å². The third kappa shape index (κ3) is 7.17. The van der Waals surface area contributed by atoms with Gasteiger partial charge in [0, 0.05) is 12.6 Å². The van der Waals surface area contributed by atoms with Gasteiger partial charge in [0.05, 0.1) is 12.2 Å². The number of piperidine rings is 1. The molecule has 1 atom stereocenters. The molecule has 1 unspecified atom stereocenters. The zero-order valence-corrected chi connectivity index (χ0v) is 10.9. The summed E-state index contributed by atoms with van der Waals surface area (Å²) in [4.78, 5) is 0. The molecule has 4 nitrogen and oxygen atoms in total. The largest absolute Gasteiger partial charge is 0.390 e. The maximum Gasteiger partial charge on any atom is 0.390 e. The van der Waals surface area contributed by atoms with E-state index in [-0.39, 0.29) is 11.8 Å². The van der Waals surface area contributed by atoms with Crippen LogP contribution in [0, 0.1) is 0 Å². The van der Waals surface area contributed by atoms with Crippen LogP contribution in [0.25, 0.3) is 0 Å². The third-order valence-corrected chi connectivity index (χ3v) is 4.29. The van der Waals surface area contributed by atoms with Crippen LogP contribution in [0.15, 0.2) is 0 Å². The Hall–Kier alpha value is -0.340. The van der Waals surface area contributed by atoms with Crippen molar-refractivity contribution in [1.82, 2.24) is 10.0 Å². The van der Waals surface area contributed by atoms with Crippen molar-refractivity contribution < 1.29 is 21.6 Å². The highest BCUT2D eigenvalue weighted by Gasteiger charge is 2.27. The lowest BCUT2D eigenvalue weighted by molar-refractivity contribution is -0.132. The van der Waals surface area contributed by atoms with Crippen LogP contribution in [-0.2, 0) is 10.0 Å². The molecule has 0 bridgehead atoms. The van der Waals surface area contributed by atoms with Gasteiger partial charge in [0.15, 0.2) is 0 Å². The number of sulfonamides is 1. The monoisotopic (exact) mass is 288 g/mol. The first kappa shape index (κ1) is 15.7. The zero-order valence-electron chi connectivity index (χ0n) is 10.1. The molecule has 0 saturated carbocycles. The average molecular weight is 288 g/mol. The van der Waals surface area contributed by atoms with E-state index in [4.69, 9.17) is 0 Å². The van der Waals surface area contributed by atoms with Gasteiger partial charge in [0.1, 0.15) is 0 Å². The topological polar surface area (TPSA) is 58.2 Å². The van der Waals surface area contributed by atoms with E-state index in [1.165, 1.54) is 0 Å². The van der Waals surface area contributed by atoms with Gasteiger partial charge in [-0.15, -0.1) is 0 Å². The molecule has 0 amide bonds. The molecule has 18 heavy (non-hydrogen) atoms. The van der Waals surface area contributed by atoms with Gasteiger partial charge in [0.25, 0.3) is 0 Å². The molecule has 0 aromatic carbocycles. The molecule has 0 radical (unpaired) electrons. The maximum absolute atomic E-state index is 11.9. The van der Waals surface area contributed by atoms with Crippen molar-refractivity contribution in [3.05, 3.63) is 0 Å². The quantitative estimate of drug-likeness (QED) is 0.776. The first-order chi connectivity index (χ1) is 8.29.